The highest BCUT2D eigenvalue weighted by Crippen LogP contribution is 2.29. The minimum absolute atomic E-state index is 0.238. The Balaban J connectivity index is 1.51. The van der Waals surface area contributed by atoms with Crippen LogP contribution in [0.2, 0.25) is 5.02 Å². The molecule has 0 atom stereocenters. The van der Waals surface area contributed by atoms with Crippen molar-refractivity contribution in [2.45, 2.75) is 0 Å². The van der Waals surface area contributed by atoms with Gasteiger partial charge in [0, 0.05) is 16.7 Å². The number of amides is 2. The molecule has 29 heavy (non-hydrogen) atoms. The summed E-state index contributed by atoms with van der Waals surface area (Å²) in [5.74, 6) is -0.380. The summed E-state index contributed by atoms with van der Waals surface area (Å²) in [5.41, 5.74) is 7.20. The number of carbonyl (C=O) groups is 2. The Morgan fingerprint density at radius 1 is 0.862 bits per heavy atom. The van der Waals surface area contributed by atoms with Gasteiger partial charge in [-0.15, -0.1) is 0 Å². The van der Waals surface area contributed by atoms with Crippen molar-refractivity contribution in [2.75, 3.05) is 6.61 Å². The topological polar surface area (TPSA) is 67.4 Å². The standard InChI is InChI=1S/C23H19ClN2O3/c24-20-12-6-4-10-18(20)14-15-22(27)25-26-23(28)16-29-21-13-7-5-11-19(21)17-8-2-1-3-9-17/h1-15H,16H2,(H,25,27)(H,26,28)/b15-14+. The molecule has 3 rings (SSSR count). The number of hydrogen-bond acceptors (Lipinski definition) is 3. The second-order valence-corrected chi connectivity index (χ2v) is 6.45. The van der Waals surface area contributed by atoms with Crippen LogP contribution in [0.15, 0.2) is 84.9 Å². The number of benzene rings is 3. The molecule has 0 heterocycles. The third kappa shape index (κ3) is 5.96. The molecule has 3 aromatic rings. The van der Waals surface area contributed by atoms with Gasteiger partial charge in [0.15, 0.2) is 6.61 Å². The monoisotopic (exact) mass is 406 g/mol. The SMILES string of the molecule is O=C(/C=C/c1ccccc1Cl)NNC(=O)COc1ccccc1-c1ccccc1. The summed E-state index contributed by atoms with van der Waals surface area (Å²) in [4.78, 5) is 23.8. The van der Waals surface area contributed by atoms with E-state index in [0.717, 1.165) is 11.1 Å². The first-order valence-corrected chi connectivity index (χ1v) is 9.30. The zero-order valence-corrected chi connectivity index (χ0v) is 16.2. The molecular weight excluding hydrogens is 388 g/mol. The van der Waals surface area contributed by atoms with E-state index >= 15 is 0 Å². The molecule has 146 valence electrons. The Bertz CT molecular complexity index is 1020. The smallest absolute Gasteiger partial charge is 0.276 e. The number of carbonyl (C=O) groups excluding carboxylic acids is 2. The number of hydrazine groups is 1. The van der Waals surface area contributed by atoms with Crippen LogP contribution in [0.4, 0.5) is 0 Å². The van der Waals surface area contributed by atoms with Crippen LogP contribution in [0.3, 0.4) is 0 Å². The Labute approximate surface area is 173 Å². The van der Waals surface area contributed by atoms with Crippen LogP contribution in [-0.2, 0) is 9.59 Å². The van der Waals surface area contributed by atoms with E-state index < -0.39 is 11.8 Å². The number of halogens is 1. The lowest BCUT2D eigenvalue weighted by molar-refractivity contribution is -0.128. The number of para-hydroxylation sites is 1. The molecule has 0 aliphatic rings. The maximum atomic E-state index is 12.0. The van der Waals surface area contributed by atoms with Crippen molar-refractivity contribution in [1.29, 1.82) is 0 Å². The molecule has 0 aliphatic carbocycles. The van der Waals surface area contributed by atoms with Gasteiger partial charge in [0.25, 0.3) is 11.8 Å². The number of ether oxygens (including phenoxy) is 1. The lowest BCUT2D eigenvalue weighted by Crippen LogP contribution is -2.43. The highest BCUT2D eigenvalue weighted by Gasteiger charge is 2.08. The van der Waals surface area contributed by atoms with Crippen LogP contribution in [0.1, 0.15) is 5.56 Å². The average molecular weight is 407 g/mol. The third-order valence-corrected chi connectivity index (χ3v) is 4.32. The molecule has 5 nitrogen and oxygen atoms in total. The van der Waals surface area contributed by atoms with Crippen molar-refractivity contribution < 1.29 is 14.3 Å². The molecule has 0 aliphatic heterocycles. The fraction of sp³-hybridized carbons (Fsp3) is 0.0435. The maximum Gasteiger partial charge on any atom is 0.276 e. The quantitative estimate of drug-likeness (QED) is 0.475. The van der Waals surface area contributed by atoms with E-state index in [1.807, 2.05) is 54.6 Å². The fourth-order valence-electron chi connectivity index (χ4n) is 2.58. The summed E-state index contributed by atoms with van der Waals surface area (Å²) < 4.78 is 5.63. The first-order valence-electron chi connectivity index (χ1n) is 8.92. The van der Waals surface area contributed by atoms with E-state index in [2.05, 4.69) is 10.9 Å². The predicted octanol–water partition coefficient (Wildman–Crippen LogP) is 4.25. The normalized spacial score (nSPS) is 10.5. The van der Waals surface area contributed by atoms with E-state index in [-0.39, 0.29) is 6.61 Å². The van der Waals surface area contributed by atoms with E-state index in [0.29, 0.717) is 16.3 Å². The fourth-order valence-corrected chi connectivity index (χ4v) is 2.78. The molecule has 6 heteroatoms. The van der Waals surface area contributed by atoms with Crippen LogP contribution in [0.5, 0.6) is 5.75 Å². The Hall–Kier alpha value is -3.57. The minimum Gasteiger partial charge on any atom is -0.483 e. The number of nitrogens with one attached hydrogen (secondary N) is 2. The summed E-state index contributed by atoms with van der Waals surface area (Å²) in [5, 5.41) is 0.533. The maximum absolute atomic E-state index is 12.0. The van der Waals surface area contributed by atoms with Gasteiger partial charge in [-0.2, -0.15) is 0 Å². The zero-order chi connectivity index (χ0) is 20.5. The molecule has 0 radical (unpaired) electrons. The van der Waals surface area contributed by atoms with Gasteiger partial charge in [-0.05, 0) is 29.3 Å². The van der Waals surface area contributed by atoms with E-state index in [4.69, 9.17) is 16.3 Å². The molecule has 0 spiro atoms. The van der Waals surface area contributed by atoms with Crippen molar-refractivity contribution in [2.24, 2.45) is 0 Å². The highest BCUT2D eigenvalue weighted by atomic mass is 35.5. The zero-order valence-electron chi connectivity index (χ0n) is 15.5. The number of rotatable bonds is 6. The molecule has 3 aromatic carbocycles. The summed E-state index contributed by atoms with van der Waals surface area (Å²) in [6.07, 6.45) is 2.85. The average Bonchev–Trinajstić information content (AvgIpc) is 2.76. The summed E-state index contributed by atoms with van der Waals surface area (Å²) in [6.45, 7) is -0.238. The van der Waals surface area contributed by atoms with Crippen molar-refractivity contribution in [3.63, 3.8) is 0 Å². The van der Waals surface area contributed by atoms with Gasteiger partial charge in [0.05, 0.1) is 0 Å². The van der Waals surface area contributed by atoms with Crippen LogP contribution in [0, 0.1) is 0 Å². The van der Waals surface area contributed by atoms with Gasteiger partial charge < -0.3 is 4.74 Å². The Morgan fingerprint density at radius 3 is 2.34 bits per heavy atom. The molecule has 2 amide bonds. The van der Waals surface area contributed by atoms with Crippen LogP contribution >= 0.6 is 11.6 Å². The highest BCUT2D eigenvalue weighted by molar-refractivity contribution is 6.32. The van der Waals surface area contributed by atoms with E-state index in [1.54, 1.807) is 30.3 Å². The lowest BCUT2D eigenvalue weighted by atomic mass is 10.1. The Kier molecular flexibility index (Phi) is 7.03. The van der Waals surface area contributed by atoms with Gasteiger partial charge in [0.1, 0.15) is 5.75 Å². The van der Waals surface area contributed by atoms with Crippen LogP contribution < -0.4 is 15.6 Å². The third-order valence-electron chi connectivity index (χ3n) is 3.98. The molecule has 0 saturated heterocycles. The second kappa shape index (κ2) is 10.1. The summed E-state index contributed by atoms with van der Waals surface area (Å²) in [6, 6.07) is 24.3. The van der Waals surface area contributed by atoms with Gasteiger partial charge in [-0.1, -0.05) is 78.3 Å². The molecule has 0 saturated carbocycles. The molecule has 0 aromatic heterocycles. The first kappa shape index (κ1) is 20.2. The van der Waals surface area contributed by atoms with Crippen molar-refractivity contribution in [3.05, 3.63) is 95.5 Å². The molecular formula is C23H19ClN2O3. The minimum atomic E-state index is -0.483. The van der Waals surface area contributed by atoms with Gasteiger partial charge in [-0.25, -0.2) is 0 Å². The van der Waals surface area contributed by atoms with Crippen LogP contribution in [0.25, 0.3) is 17.2 Å². The van der Waals surface area contributed by atoms with E-state index in [1.165, 1.54) is 6.08 Å². The molecule has 2 N–H and O–H groups in total. The van der Waals surface area contributed by atoms with E-state index in [9.17, 15) is 9.59 Å². The summed E-state index contributed by atoms with van der Waals surface area (Å²) in [7, 11) is 0. The second-order valence-electron chi connectivity index (χ2n) is 6.04. The van der Waals surface area contributed by atoms with Crippen molar-refractivity contribution >= 4 is 29.5 Å². The largest absolute Gasteiger partial charge is 0.483 e. The van der Waals surface area contributed by atoms with Gasteiger partial charge in [-0.3, -0.25) is 20.4 Å². The lowest BCUT2D eigenvalue weighted by Gasteiger charge is -2.12. The Morgan fingerprint density at radius 2 is 1.55 bits per heavy atom. The molecule has 0 unspecified atom stereocenters. The van der Waals surface area contributed by atoms with Gasteiger partial charge in [0.2, 0.25) is 0 Å². The first-order chi connectivity index (χ1) is 14.1. The predicted molar refractivity (Wildman–Crippen MR) is 114 cm³/mol. The molecule has 0 bridgehead atoms. The van der Waals surface area contributed by atoms with Crippen LogP contribution in [-0.4, -0.2) is 18.4 Å². The summed E-state index contributed by atoms with van der Waals surface area (Å²) >= 11 is 6.02. The number of hydrogen-bond donors (Lipinski definition) is 2. The van der Waals surface area contributed by atoms with Gasteiger partial charge >= 0.3 is 0 Å². The van der Waals surface area contributed by atoms with Crippen molar-refractivity contribution in [3.8, 4) is 16.9 Å². The van der Waals surface area contributed by atoms with Crippen molar-refractivity contribution in [1.82, 2.24) is 10.9 Å². The molecule has 0 fully saturated rings.